The van der Waals surface area contributed by atoms with Crippen molar-refractivity contribution >= 4 is 28.0 Å². The average Bonchev–Trinajstić information content (AvgIpc) is 2.80. The van der Waals surface area contributed by atoms with E-state index in [0.717, 1.165) is 34.2 Å². The lowest BCUT2D eigenvalue weighted by molar-refractivity contribution is 0.0964. The number of hydrogen-bond acceptors (Lipinski definition) is 3. The minimum atomic E-state index is -0.140. The molecule has 4 heteroatoms. The van der Waals surface area contributed by atoms with Gasteiger partial charge in [0.1, 0.15) is 0 Å². The van der Waals surface area contributed by atoms with Crippen molar-refractivity contribution in [2.45, 2.75) is 40.0 Å². The lowest BCUT2D eigenvalue weighted by atomic mass is 9.98. The Morgan fingerprint density at radius 3 is 2.60 bits per heavy atom. The maximum atomic E-state index is 12.4. The van der Waals surface area contributed by atoms with Crippen molar-refractivity contribution in [1.82, 2.24) is 15.3 Å². The smallest absolute Gasteiger partial charge is 0.251 e. The number of nitrogens with zero attached hydrogens (tertiary/aromatic N) is 2. The molecule has 0 aliphatic heterocycles. The molecule has 154 valence electrons. The van der Waals surface area contributed by atoms with Crippen LogP contribution in [-0.4, -0.2) is 22.9 Å². The number of unbranched alkanes of at least 4 members (excludes halogenated alkanes) is 1. The predicted molar refractivity (Wildman–Crippen MR) is 125 cm³/mol. The standard InChI is InChI=1S/C26H29N3O/c1-5-7-8-19-9-11-21(12-10-19)20(6-2)15-18(3)25-16-22(26(30)27-4)23-17-28-14-13-24(23)29-25/h6,9-17H,5,7-8H2,1-4H3,(H,27,30)/b18-15+,20-6+. The summed E-state index contributed by atoms with van der Waals surface area (Å²) in [6.45, 7) is 6.29. The van der Waals surface area contributed by atoms with Gasteiger partial charge in [0.05, 0.1) is 16.8 Å². The molecule has 3 rings (SSSR count). The third kappa shape index (κ3) is 4.82. The van der Waals surface area contributed by atoms with Crippen LogP contribution in [0, 0.1) is 0 Å². The number of carbonyl (C=O) groups is 1. The Kier molecular flexibility index (Phi) is 7.12. The molecule has 3 aromatic rings. The van der Waals surface area contributed by atoms with Gasteiger partial charge in [-0.3, -0.25) is 9.78 Å². The second kappa shape index (κ2) is 9.97. The fraction of sp³-hybridized carbons (Fsp3) is 0.269. The average molecular weight is 400 g/mol. The summed E-state index contributed by atoms with van der Waals surface area (Å²) in [7, 11) is 1.63. The molecule has 30 heavy (non-hydrogen) atoms. The number of benzene rings is 1. The first-order chi connectivity index (χ1) is 14.6. The Hall–Kier alpha value is -3.27. The molecule has 0 fully saturated rings. The van der Waals surface area contributed by atoms with E-state index in [1.165, 1.54) is 24.0 Å². The second-order valence-electron chi connectivity index (χ2n) is 7.40. The molecule has 0 unspecified atom stereocenters. The molecule has 1 aromatic carbocycles. The molecule has 2 heterocycles. The molecule has 1 amide bonds. The van der Waals surface area contributed by atoms with E-state index in [9.17, 15) is 4.79 Å². The summed E-state index contributed by atoms with van der Waals surface area (Å²) in [5.41, 5.74) is 6.81. The minimum Gasteiger partial charge on any atom is -0.355 e. The highest BCUT2D eigenvalue weighted by Crippen LogP contribution is 2.25. The second-order valence-corrected chi connectivity index (χ2v) is 7.40. The van der Waals surface area contributed by atoms with Crippen LogP contribution in [0.1, 0.15) is 60.8 Å². The van der Waals surface area contributed by atoms with Gasteiger partial charge in [0, 0.05) is 24.8 Å². The van der Waals surface area contributed by atoms with Crippen LogP contribution in [0.15, 0.2) is 60.9 Å². The maximum Gasteiger partial charge on any atom is 0.251 e. The van der Waals surface area contributed by atoms with Crippen LogP contribution >= 0.6 is 0 Å². The van der Waals surface area contributed by atoms with E-state index < -0.39 is 0 Å². The van der Waals surface area contributed by atoms with E-state index in [2.05, 4.69) is 53.6 Å². The molecular formula is C26H29N3O. The van der Waals surface area contributed by atoms with Crippen molar-refractivity contribution < 1.29 is 4.79 Å². The number of hydrogen-bond donors (Lipinski definition) is 1. The molecule has 0 aliphatic carbocycles. The zero-order valence-corrected chi connectivity index (χ0v) is 18.2. The molecule has 0 bridgehead atoms. The Labute approximate surface area is 178 Å². The van der Waals surface area contributed by atoms with E-state index in [1.54, 1.807) is 19.4 Å². The van der Waals surface area contributed by atoms with Crippen molar-refractivity contribution in [2.75, 3.05) is 7.05 Å². The highest BCUT2D eigenvalue weighted by atomic mass is 16.1. The van der Waals surface area contributed by atoms with Crippen molar-refractivity contribution in [3.05, 3.63) is 83.3 Å². The minimum absolute atomic E-state index is 0.140. The van der Waals surface area contributed by atoms with Crippen LogP contribution in [0.25, 0.3) is 22.0 Å². The Bertz CT molecular complexity index is 1090. The molecule has 0 spiro atoms. The quantitative estimate of drug-likeness (QED) is 0.508. The first-order valence-electron chi connectivity index (χ1n) is 10.5. The summed E-state index contributed by atoms with van der Waals surface area (Å²) in [6, 6.07) is 12.5. The largest absolute Gasteiger partial charge is 0.355 e. The van der Waals surface area contributed by atoms with Gasteiger partial charge in [0.2, 0.25) is 0 Å². The number of aryl methyl sites for hydroxylation is 1. The van der Waals surface area contributed by atoms with Gasteiger partial charge in [0.15, 0.2) is 0 Å². The van der Waals surface area contributed by atoms with Gasteiger partial charge < -0.3 is 5.32 Å². The van der Waals surface area contributed by atoms with Gasteiger partial charge in [-0.25, -0.2) is 4.98 Å². The fourth-order valence-electron chi connectivity index (χ4n) is 3.48. The Morgan fingerprint density at radius 2 is 1.93 bits per heavy atom. The first kappa shape index (κ1) is 21.4. The molecule has 2 aromatic heterocycles. The lowest BCUT2D eigenvalue weighted by Gasteiger charge is -2.10. The normalized spacial score (nSPS) is 12.3. The number of pyridine rings is 2. The highest BCUT2D eigenvalue weighted by molar-refractivity contribution is 6.06. The van der Waals surface area contributed by atoms with Crippen LogP contribution in [0.4, 0.5) is 0 Å². The van der Waals surface area contributed by atoms with Gasteiger partial charge in [-0.05, 0) is 67.2 Å². The molecule has 0 atom stereocenters. The van der Waals surface area contributed by atoms with Crippen LogP contribution < -0.4 is 5.32 Å². The topological polar surface area (TPSA) is 54.9 Å². The third-order valence-corrected chi connectivity index (χ3v) is 5.28. The number of rotatable bonds is 7. The summed E-state index contributed by atoms with van der Waals surface area (Å²) in [5, 5.41) is 3.46. The summed E-state index contributed by atoms with van der Waals surface area (Å²) in [6.07, 6.45) is 11.2. The van der Waals surface area contributed by atoms with Crippen LogP contribution in [0.2, 0.25) is 0 Å². The Balaban J connectivity index is 1.97. The van der Waals surface area contributed by atoms with E-state index >= 15 is 0 Å². The zero-order chi connectivity index (χ0) is 21.5. The number of amides is 1. The molecule has 4 nitrogen and oxygen atoms in total. The van der Waals surface area contributed by atoms with E-state index in [1.807, 2.05) is 26.0 Å². The molecular weight excluding hydrogens is 370 g/mol. The third-order valence-electron chi connectivity index (χ3n) is 5.28. The first-order valence-corrected chi connectivity index (χ1v) is 10.5. The lowest BCUT2D eigenvalue weighted by Crippen LogP contribution is -2.18. The van der Waals surface area contributed by atoms with E-state index in [4.69, 9.17) is 4.98 Å². The van der Waals surface area contributed by atoms with Gasteiger partial charge in [-0.15, -0.1) is 0 Å². The number of nitrogens with one attached hydrogen (secondary N) is 1. The highest BCUT2D eigenvalue weighted by Gasteiger charge is 2.13. The van der Waals surface area contributed by atoms with Crippen LogP contribution in [-0.2, 0) is 6.42 Å². The summed E-state index contributed by atoms with van der Waals surface area (Å²) in [4.78, 5) is 21.3. The molecule has 0 saturated carbocycles. The summed E-state index contributed by atoms with van der Waals surface area (Å²) < 4.78 is 0. The van der Waals surface area contributed by atoms with Crippen molar-refractivity contribution in [1.29, 1.82) is 0 Å². The van der Waals surface area contributed by atoms with Gasteiger partial charge in [0.25, 0.3) is 5.91 Å². The van der Waals surface area contributed by atoms with Crippen molar-refractivity contribution in [3.63, 3.8) is 0 Å². The fourth-order valence-corrected chi connectivity index (χ4v) is 3.48. The number of allylic oxidation sites excluding steroid dienone is 4. The predicted octanol–water partition coefficient (Wildman–Crippen LogP) is 5.84. The van der Waals surface area contributed by atoms with Crippen LogP contribution in [0.3, 0.4) is 0 Å². The van der Waals surface area contributed by atoms with Gasteiger partial charge in [-0.1, -0.05) is 43.7 Å². The molecule has 0 saturated heterocycles. The molecule has 0 radical (unpaired) electrons. The SMILES string of the molecule is C/C=C(\C=C(/C)c1cc(C(=O)NC)c2cnccc2n1)c1ccc(CCCC)cc1. The molecule has 0 aliphatic rings. The van der Waals surface area contributed by atoms with Crippen LogP contribution in [0.5, 0.6) is 0 Å². The molecule has 1 N–H and O–H groups in total. The summed E-state index contributed by atoms with van der Waals surface area (Å²) >= 11 is 0. The Morgan fingerprint density at radius 1 is 1.17 bits per heavy atom. The van der Waals surface area contributed by atoms with Gasteiger partial charge in [-0.2, -0.15) is 0 Å². The van der Waals surface area contributed by atoms with Crippen molar-refractivity contribution in [2.24, 2.45) is 0 Å². The summed E-state index contributed by atoms with van der Waals surface area (Å²) in [5.74, 6) is -0.140. The number of fused-ring (bicyclic) bond motifs is 1. The maximum absolute atomic E-state index is 12.4. The zero-order valence-electron chi connectivity index (χ0n) is 18.2. The van der Waals surface area contributed by atoms with E-state index in [0.29, 0.717) is 5.56 Å². The van der Waals surface area contributed by atoms with E-state index in [-0.39, 0.29) is 5.91 Å². The van der Waals surface area contributed by atoms with Gasteiger partial charge >= 0.3 is 0 Å². The number of aromatic nitrogens is 2. The monoisotopic (exact) mass is 399 g/mol. The van der Waals surface area contributed by atoms with Crippen molar-refractivity contribution in [3.8, 4) is 0 Å². The number of carbonyl (C=O) groups excluding carboxylic acids is 1.